The highest BCUT2D eigenvalue weighted by atomic mass is 16.5. The summed E-state index contributed by atoms with van der Waals surface area (Å²) in [5, 5.41) is 10.7. The molecule has 2 rings (SSSR count). The second-order valence-corrected chi connectivity index (χ2v) is 6.97. The Balaban J connectivity index is 1.96. The summed E-state index contributed by atoms with van der Waals surface area (Å²) in [6.07, 6.45) is 0.861. The van der Waals surface area contributed by atoms with Gasteiger partial charge in [0.25, 0.3) is 0 Å². The molecule has 0 saturated carbocycles. The van der Waals surface area contributed by atoms with Crippen LogP contribution >= 0.6 is 0 Å². The van der Waals surface area contributed by atoms with Crippen LogP contribution < -0.4 is 15.4 Å². The largest absolute Gasteiger partial charge is 0.493 e. The summed E-state index contributed by atoms with van der Waals surface area (Å²) in [4.78, 5) is 4.60. The van der Waals surface area contributed by atoms with Crippen molar-refractivity contribution in [1.82, 2.24) is 15.8 Å². The lowest BCUT2D eigenvalue weighted by Crippen LogP contribution is -2.38. The second kappa shape index (κ2) is 10.6. The molecule has 1 unspecified atom stereocenters. The smallest absolute Gasteiger partial charge is 0.192 e. The van der Waals surface area contributed by atoms with E-state index in [1.54, 1.807) is 0 Å². The summed E-state index contributed by atoms with van der Waals surface area (Å²) in [6.45, 7) is 12.5. The van der Waals surface area contributed by atoms with E-state index in [0.717, 1.165) is 42.7 Å². The number of aryl methyl sites for hydroxylation is 1. The van der Waals surface area contributed by atoms with Crippen LogP contribution in [0.1, 0.15) is 57.7 Å². The van der Waals surface area contributed by atoms with E-state index in [2.05, 4.69) is 60.6 Å². The molecule has 6 heteroatoms. The summed E-state index contributed by atoms with van der Waals surface area (Å²) < 4.78 is 11.0. The van der Waals surface area contributed by atoms with E-state index in [1.807, 2.05) is 25.1 Å². The van der Waals surface area contributed by atoms with Gasteiger partial charge in [-0.25, -0.2) is 4.99 Å². The highest BCUT2D eigenvalue weighted by Gasteiger charge is 2.09. The van der Waals surface area contributed by atoms with Crippen molar-refractivity contribution in [2.24, 2.45) is 10.9 Å². The fourth-order valence-corrected chi connectivity index (χ4v) is 2.48. The second-order valence-electron chi connectivity index (χ2n) is 6.97. The Bertz CT molecular complexity index is 707. The monoisotopic (exact) mass is 372 g/mol. The van der Waals surface area contributed by atoms with Crippen molar-refractivity contribution in [3.63, 3.8) is 0 Å². The maximum Gasteiger partial charge on any atom is 0.192 e. The Labute approximate surface area is 162 Å². The van der Waals surface area contributed by atoms with Gasteiger partial charge in [-0.1, -0.05) is 38.1 Å². The number of aliphatic imine (C=N–C) groups is 1. The third kappa shape index (κ3) is 6.96. The molecule has 0 fully saturated rings. The van der Waals surface area contributed by atoms with Crippen LogP contribution in [0.5, 0.6) is 5.75 Å². The van der Waals surface area contributed by atoms with Gasteiger partial charge in [0.1, 0.15) is 12.3 Å². The predicted octanol–water partition coefficient (Wildman–Crippen LogP) is 4.09. The number of guanidine groups is 1. The van der Waals surface area contributed by atoms with E-state index in [0.29, 0.717) is 12.5 Å². The molecule has 1 aromatic heterocycles. The van der Waals surface area contributed by atoms with E-state index in [1.165, 1.54) is 5.56 Å². The van der Waals surface area contributed by atoms with Crippen LogP contribution in [0, 0.1) is 5.92 Å². The topological polar surface area (TPSA) is 71.7 Å². The fraction of sp³-hybridized carbons (Fsp3) is 0.524. The third-order valence-electron chi connectivity index (χ3n) is 4.02. The summed E-state index contributed by atoms with van der Waals surface area (Å²) >= 11 is 0. The first-order chi connectivity index (χ1) is 13.0. The minimum absolute atomic E-state index is 0.114. The first-order valence-electron chi connectivity index (χ1n) is 9.73. The lowest BCUT2D eigenvalue weighted by atomic mass is 10.1. The van der Waals surface area contributed by atoms with Crippen molar-refractivity contribution in [2.45, 2.75) is 53.6 Å². The zero-order valence-corrected chi connectivity index (χ0v) is 17.1. The molecule has 0 radical (unpaired) electrons. The van der Waals surface area contributed by atoms with Crippen molar-refractivity contribution in [3.8, 4) is 5.75 Å². The summed E-state index contributed by atoms with van der Waals surface area (Å²) in [6, 6.07) is 10.3. The van der Waals surface area contributed by atoms with Gasteiger partial charge in [0.05, 0.1) is 18.3 Å². The SMILES string of the molecule is CCNC(=NCc1cc(CC)no1)NC(C)c1ccc(OCC(C)C)cc1. The van der Waals surface area contributed by atoms with Crippen LogP contribution in [0.3, 0.4) is 0 Å². The molecule has 6 nitrogen and oxygen atoms in total. The number of hydrogen-bond acceptors (Lipinski definition) is 4. The van der Waals surface area contributed by atoms with Crippen LogP contribution in [0.4, 0.5) is 0 Å². The molecule has 1 heterocycles. The molecule has 0 saturated heterocycles. The Morgan fingerprint density at radius 1 is 1.19 bits per heavy atom. The number of nitrogens with zero attached hydrogens (tertiary/aromatic N) is 2. The van der Waals surface area contributed by atoms with E-state index >= 15 is 0 Å². The summed E-state index contributed by atoms with van der Waals surface area (Å²) in [5.74, 6) is 2.93. The number of benzene rings is 1. The number of aromatic nitrogens is 1. The Kier molecular flexibility index (Phi) is 8.17. The first-order valence-corrected chi connectivity index (χ1v) is 9.73. The molecular formula is C21H32N4O2. The van der Waals surface area contributed by atoms with Crippen LogP contribution in [-0.4, -0.2) is 24.3 Å². The first kappa shape index (κ1) is 20.8. The van der Waals surface area contributed by atoms with Crippen LogP contribution in [0.15, 0.2) is 39.8 Å². The average Bonchev–Trinajstić information content (AvgIpc) is 3.13. The van der Waals surface area contributed by atoms with Gasteiger partial charge in [0.2, 0.25) is 0 Å². The normalized spacial score (nSPS) is 12.9. The zero-order chi connectivity index (χ0) is 19.6. The molecule has 0 spiro atoms. The van der Waals surface area contributed by atoms with E-state index in [4.69, 9.17) is 9.26 Å². The lowest BCUT2D eigenvalue weighted by Gasteiger charge is -2.18. The molecule has 0 bridgehead atoms. The van der Waals surface area contributed by atoms with E-state index < -0.39 is 0 Å². The lowest BCUT2D eigenvalue weighted by molar-refractivity contribution is 0.271. The average molecular weight is 373 g/mol. The van der Waals surface area contributed by atoms with Gasteiger partial charge < -0.3 is 19.9 Å². The maximum absolute atomic E-state index is 5.75. The molecule has 0 aliphatic heterocycles. The van der Waals surface area contributed by atoms with E-state index in [9.17, 15) is 0 Å². The zero-order valence-electron chi connectivity index (χ0n) is 17.1. The van der Waals surface area contributed by atoms with Crippen LogP contribution in [0.2, 0.25) is 0 Å². The molecule has 1 aromatic carbocycles. The van der Waals surface area contributed by atoms with Crippen molar-refractivity contribution < 1.29 is 9.26 Å². The highest BCUT2D eigenvalue weighted by molar-refractivity contribution is 5.80. The molecule has 1 atom stereocenters. The van der Waals surface area contributed by atoms with Gasteiger partial charge in [-0.2, -0.15) is 0 Å². The summed E-state index contributed by atoms with van der Waals surface area (Å²) in [5.41, 5.74) is 2.12. The van der Waals surface area contributed by atoms with E-state index in [-0.39, 0.29) is 6.04 Å². The molecule has 0 aliphatic rings. The van der Waals surface area contributed by atoms with Crippen LogP contribution in [0.25, 0.3) is 0 Å². The van der Waals surface area contributed by atoms with Crippen LogP contribution in [-0.2, 0) is 13.0 Å². The van der Waals surface area contributed by atoms with Gasteiger partial charge in [-0.05, 0) is 43.9 Å². The minimum Gasteiger partial charge on any atom is -0.493 e. The molecule has 2 N–H and O–H groups in total. The van der Waals surface area contributed by atoms with Gasteiger partial charge in [-0.15, -0.1) is 0 Å². The Hall–Kier alpha value is -2.50. The molecular weight excluding hydrogens is 340 g/mol. The summed E-state index contributed by atoms with van der Waals surface area (Å²) in [7, 11) is 0. The Morgan fingerprint density at radius 3 is 2.52 bits per heavy atom. The maximum atomic E-state index is 5.75. The number of hydrogen-bond donors (Lipinski definition) is 2. The van der Waals surface area contributed by atoms with Gasteiger partial charge in [0, 0.05) is 12.6 Å². The van der Waals surface area contributed by atoms with Gasteiger partial charge in [-0.3, -0.25) is 0 Å². The third-order valence-corrected chi connectivity index (χ3v) is 4.02. The number of rotatable bonds is 9. The minimum atomic E-state index is 0.114. The number of nitrogens with one attached hydrogen (secondary N) is 2. The molecule has 0 aliphatic carbocycles. The standard InChI is InChI=1S/C21H32N4O2/c1-6-18-12-20(27-25-18)13-23-21(22-7-2)24-16(5)17-8-10-19(11-9-17)26-14-15(3)4/h8-12,15-16H,6-7,13-14H2,1-5H3,(H2,22,23,24). The van der Waals surface area contributed by atoms with Crippen molar-refractivity contribution in [3.05, 3.63) is 47.3 Å². The molecule has 148 valence electrons. The van der Waals surface area contributed by atoms with Crippen molar-refractivity contribution in [1.29, 1.82) is 0 Å². The molecule has 2 aromatic rings. The Morgan fingerprint density at radius 2 is 1.93 bits per heavy atom. The molecule has 0 amide bonds. The quantitative estimate of drug-likeness (QED) is 0.512. The number of ether oxygens (including phenoxy) is 1. The van der Waals surface area contributed by atoms with Crippen molar-refractivity contribution in [2.75, 3.05) is 13.2 Å². The van der Waals surface area contributed by atoms with Gasteiger partial charge in [0.15, 0.2) is 11.7 Å². The van der Waals surface area contributed by atoms with Gasteiger partial charge >= 0.3 is 0 Å². The predicted molar refractivity (Wildman–Crippen MR) is 109 cm³/mol. The van der Waals surface area contributed by atoms with Crippen molar-refractivity contribution >= 4 is 5.96 Å². The fourth-order valence-electron chi connectivity index (χ4n) is 2.48. The highest BCUT2D eigenvalue weighted by Crippen LogP contribution is 2.18. The molecule has 27 heavy (non-hydrogen) atoms.